The van der Waals surface area contributed by atoms with E-state index in [4.69, 9.17) is 11.6 Å². The molecule has 0 amide bonds. The van der Waals surface area contributed by atoms with Crippen molar-refractivity contribution >= 4 is 40.5 Å². The number of rotatable bonds is 6. The van der Waals surface area contributed by atoms with E-state index in [-0.39, 0.29) is 16.5 Å². The molecule has 5 aromatic rings. The Morgan fingerprint density at radius 1 is 1.12 bits per heavy atom. The van der Waals surface area contributed by atoms with Gasteiger partial charge < -0.3 is 10.4 Å². The van der Waals surface area contributed by atoms with Gasteiger partial charge in [0.2, 0.25) is 5.95 Å². The van der Waals surface area contributed by atoms with Crippen molar-refractivity contribution in [1.29, 1.82) is 0 Å². The summed E-state index contributed by atoms with van der Waals surface area (Å²) in [5, 5.41) is 20.9. The lowest BCUT2D eigenvalue weighted by atomic mass is 10.1. The third-order valence-electron chi connectivity index (χ3n) is 4.86. The van der Waals surface area contributed by atoms with Crippen molar-refractivity contribution in [2.24, 2.45) is 0 Å². The molecular weight excluding hydrogens is 479 g/mol. The van der Waals surface area contributed by atoms with E-state index in [0.717, 1.165) is 11.3 Å². The van der Waals surface area contributed by atoms with E-state index in [9.17, 15) is 14.3 Å². The number of nitrogens with one attached hydrogen (secondary N) is 1. The van der Waals surface area contributed by atoms with Crippen LogP contribution >= 0.6 is 22.9 Å². The summed E-state index contributed by atoms with van der Waals surface area (Å²) in [5.41, 5.74) is 3.29. The molecule has 0 saturated carbocycles. The molecule has 0 saturated heterocycles. The lowest BCUT2D eigenvalue weighted by Crippen LogP contribution is -2.07. The minimum absolute atomic E-state index is 0.0334. The zero-order valence-corrected chi connectivity index (χ0v) is 18.8. The minimum atomic E-state index is -1.10. The van der Waals surface area contributed by atoms with E-state index in [1.807, 2.05) is 22.9 Å². The number of carboxylic acids is 1. The van der Waals surface area contributed by atoms with Gasteiger partial charge >= 0.3 is 5.97 Å². The topological polar surface area (TPSA) is 106 Å². The monoisotopic (exact) mass is 492 g/mol. The van der Waals surface area contributed by atoms with Crippen molar-refractivity contribution in [3.05, 3.63) is 88.3 Å². The van der Waals surface area contributed by atoms with Crippen molar-refractivity contribution in [2.45, 2.75) is 0 Å². The summed E-state index contributed by atoms with van der Waals surface area (Å²) in [6.45, 7) is 0. The Bertz CT molecular complexity index is 1510. The van der Waals surface area contributed by atoms with Crippen LogP contribution in [0.15, 0.2) is 71.9 Å². The fraction of sp³-hybridized carbons (Fsp3) is 0. The fourth-order valence-corrected chi connectivity index (χ4v) is 4.05. The molecule has 4 aromatic heterocycles. The highest BCUT2D eigenvalue weighted by atomic mass is 35.5. The quantitative estimate of drug-likeness (QED) is 0.314. The number of hydrogen-bond acceptors (Lipinski definition) is 7. The summed E-state index contributed by atoms with van der Waals surface area (Å²) in [5.74, 6) is -1.01. The average Bonchev–Trinajstić information content (AvgIpc) is 3.54. The molecule has 0 spiro atoms. The van der Waals surface area contributed by atoms with Crippen LogP contribution in [0.25, 0.3) is 28.2 Å². The molecular formula is C23H14ClFN6O2S. The Labute approximate surface area is 201 Å². The molecule has 0 radical (unpaired) electrons. The van der Waals surface area contributed by atoms with Gasteiger partial charge in [-0.15, -0.1) is 0 Å². The summed E-state index contributed by atoms with van der Waals surface area (Å²) in [6.07, 6.45) is 6.10. The Morgan fingerprint density at radius 3 is 2.76 bits per heavy atom. The number of aromatic nitrogens is 5. The molecule has 2 N–H and O–H groups in total. The Morgan fingerprint density at radius 2 is 2.00 bits per heavy atom. The second-order valence-corrected chi connectivity index (χ2v) is 8.30. The van der Waals surface area contributed by atoms with Gasteiger partial charge in [-0.2, -0.15) is 21.4 Å². The predicted octanol–water partition coefficient (Wildman–Crippen LogP) is 5.69. The first-order valence-electron chi connectivity index (χ1n) is 9.84. The molecule has 168 valence electrons. The number of nitrogens with zero attached hydrogens (tertiary/aromatic N) is 5. The van der Waals surface area contributed by atoms with Crippen molar-refractivity contribution in [2.75, 3.05) is 5.32 Å². The van der Waals surface area contributed by atoms with Gasteiger partial charge in [-0.05, 0) is 41.8 Å². The molecule has 34 heavy (non-hydrogen) atoms. The van der Waals surface area contributed by atoms with Crippen LogP contribution in [0.4, 0.5) is 16.0 Å². The number of pyridine rings is 1. The second kappa shape index (κ2) is 9.00. The number of anilines is 2. The zero-order valence-electron chi connectivity index (χ0n) is 17.2. The van der Waals surface area contributed by atoms with Gasteiger partial charge in [0.25, 0.3) is 0 Å². The van der Waals surface area contributed by atoms with E-state index in [0.29, 0.717) is 22.6 Å². The summed E-state index contributed by atoms with van der Waals surface area (Å²) < 4.78 is 15.1. The molecule has 0 fully saturated rings. The van der Waals surface area contributed by atoms with Crippen molar-refractivity contribution in [3.8, 4) is 28.2 Å². The summed E-state index contributed by atoms with van der Waals surface area (Å²) in [7, 11) is 0. The lowest BCUT2D eigenvalue weighted by Gasteiger charge is -2.12. The minimum Gasteiger partial charge on any atom is -0.478 e. The zero-order chi connectivity index (χ0) is 23.7. The van der Waals surface area contributed by atoms with Gasteiger partial charge in [-0.3, -0.25) is 4.98 Å². The summed E-state index contributed by atoms with van der Waals surface area (Å²) >= 11 is 7.44. The molecule has 5 rings (SSSR count). The number of benzene rings is 1. The van der Waals surface area contributed by atoms with E-state index < -0.39 is 11.8 Å². The molecule has 4 heterocycles. The summed E-state index contributed by atoms with van der Waals surface area (Å²) in [6, 6.07) is 9.49. The molecule has 1 aromatic carbocycles. The van der Waals surface area contributed by atoms with Gasteiger partial charge in [0.1, 0.15) is 5.82 Å². The fourth-order valence-electron chi connectivity index (χ4n) is 3.22. The smallest absolute Gasteiger partial charge is 0.337 e. The van der Waals surface area contributed by atoms with Crippen LogP contribution in [0, 0.1) is 5.82 Å². The van der Waals surface area contributed by atoms with Crippen LogP contribution < -0.4 is 5.32 Å². The lowest BCUT2D eigenvalue weighted by molar-refractivity contribution is 0.0696. The Balaban J connectivity index is 1.60. The third-order valence-corrected chi connectivity index (χ3v) is 5.84. The molecule has 0 bridgehead atoms. The van der Waals surface area contributed by atoms with Gasteiger partial charge in [0, 0.05) is 52.5 Å². The maximum absolute atomic E-state index is 13.5. The number of aromatic carboxylic acids is 1. The number of hydrogen-bond donors (Lipinski definition) is 2. The van der Waals surface area contributed by atoms with Crippen LogP contribution in [-0.4, -0.2) is 35.8 Å². The largest absolute Gasteiger partial charge is 0.478 e. The number of halogens is 2. The molecule has 0 atom stereocenters. The third kappa shape index (κ3) is 4.36. The molecule has 8 nitrogen and oxygen atoms in total. The SMILES string of the molecule is O=C(O)c1cncc(-c2cnc(Nc3ccc(F)c(Cl)c3)nc2-n2ccc(-c3ccsc3)n2)c1. The highest BCUT2D eigenvalue weighted by Gasteiger charge is 2.16. The van der Waals surface area contributed by atoms with Crippen LogP contribution in [0.3, 0.4) is 0 Å². The highest BCUT2D eigenvalue weighted by Crippen LogP contribution is 2.29. The summed E-state index contributed by atoms with van der Waals surface area (Å²) in [4.78, 5) is 24.4. The standard InChI is InChI=1S/C23H14ClFN6O2S/c24-18-8-16(1-2-19(18)25)28-23-27-11-17(14-7-15(22(32)33)10-26-9-14)21(29-23)31-5-3-20(30-31)13-4-6-34-12-13/h1-12H,(H,32,33)(H,27,28,29). The van der Waals surface area contributed by atoms with Gasteiger partial charge in [0.05, 0.1) is 16.3 Å². The van der Waals surface area contributed by atoms with E-state index in [1.165, 1.54) is 36.7 Å². The van der Waals surface area contributed by atoms with Gasteiger partial charge in [-0.25, -0.2) is 18.9 Å². The van der Waals surface area contributed by atoms with Gasteiger partial charge in [0.15, 0.2) is 5.82 Å². The molecule has 0 aliphatic heterocycles. The number of thiophene rings is 1. The first-order valence-corrected chi connectivity index (χ1v) is 11.2. The Hall–Kier alpha value is -4.15. The van der Waals surface area contributed by atoms with Crippen molar-refractivity contribution in [1.82, 2.24) is 24.7 Å². The maximum Gasteiger partial charge on any atom is 0.337 e. The molecule has 0 aliphatic rings. The van der Waals surface area contributed by atoms with Gasteiger partial charge in [-0.1, -0.05) is 11.6 Å². The average molecular weight is 493 g/mol. The first-order chi connectivity index (χ1) is 16.5. The first kappa shape index (κ1) is 21.7. The van der Waals surface area contributed by atoms with Crippen LogP contribution in [-0.2, 0) is 0 Å². The normalized spacial score (nSPS) is 10.9. The van der Waals surface area contributed by atoms with Crippen molar-refractivity contribution in [3.63, 3.8) is 0 Å². The second-order valence-electron chi connectivity index (χ2n) is 7.11. The Kier molecular flexibility index (Phi) is 5.74. The molecule has 11 heteroatoms. The number of carboxylic acid groups (broad SMARTS) is 1. The van der Waals surface area contributed by atoms with Crippen LogP contribution in [0.5, 0.6) is 0 Å². The highest BCUT2D eigenvalue weighted by molar-refractivity contribution is 7.08. The van der Waals surface area contributed by atoms with Crippen LogP contribution in [0.1, 0.15) is 10.4 Å². The van der Waals surface area contributed by atoms with E-state index in [2.05, 4.69) is 25.4 Å². The van der Waals surface area contributed by atoms with Crippen molar-refractivity contribution < 1.29 is 14.3 Å². The van der Waals surface area contributed by atoms with E-state index in [1.54, 1.807) is 28.4 Å². The number of carbonyl (C=O) groups is 1. The molecule has 0 unspecified atom stereocenters. The van der Waals surface area contributed by atoms with Crippen LogP contribution in [0.2, 0.25) is 5.02 Å². The molecule has 0 aliphatic carbocycles. The maximum atomic E-state index is 13.5. The van der Waals surface area contributed by atoms with E-state index >= 15 is 0 Å². The predicted molar refractivity (Wildman–Crippen MR) is 127 cm³/mol.